The van der Waals surface area contributed by atoms with Crippen LogP contribution in [0.1, 0.15) is 47.0 Å². The van der Waals surface area contributed by atoms with E-state index in [0.29, 0.717) is 25.8 Å². The molecule has 0 bridgehead atoms. The van der Waals surface area contributed by atoms with Gasteiger partial charge in [0, 0.05) is 18.5 Å². The van der Waals surface area contributed by atoms with E-state index in [0.717, 1.165) is 0 Å². The minimum atomic E-state index is -1.06. The molecule has 0 saturated carbocycles. The molecule has 21 heavy (non-hydrogen) atoms. The number of unbranched alkanes of at least 4 members (excludes halogenated alkanes) is 1. The smallest absolute Gasteiger partial charge is 0.326 e. The maximum atomic E-state index is 11.5. The second-order valence-corrected chi connectivity index (χ2v) is 5.60. The maximum Gasteiger partial charge on any atom is 0.326 e. The van der Waals surface area contributed by atoms with Gasteiger partial charge in [-0.05, 0) is 33.1 Å². The topological polar surface area (TPSA) is 108 Å². The fourth-order valence-electron chi connectivity index (χ4n) is 1.61. The van der Waals surface area contributed by atoms with Crippen molar-refractivity contribution >= 4 is 17.9 Å². The zero-order valence-corrected chi connectivity index (χ0v) is 13.2. The Morgan fingerprint density at radius 3 is 2.10 bits per heavy atom. The first-order valence-corrected chi connectivity index (χ1v) is 7.31. The third kappa shape index (κ3) is 9.70. The molecule has 0 fully saturated rings. The van der Waals surface area contributed by atoms with Crippen molar-refractivity contribution in [1.82, 2.24) is 16.0 Å². The molecule has 7 heteroatoms. The summed E-state index contributed by atoms with van der Waals surface area (Å²) in [6.07, 6.45) is 1.62. The molecule has 3 amide bonds. The van der Waals surface area contributed by atoms with Crippen molar-refractivity contribution in [2.75, 3.05) is 6.54 Å². The Hall–Kier alpha value is -1.79. The standard InChI is InChI=1S/C14H27N3O4/c1-9(2)12(18)15-8-6-5-7-11(13(19)20)17-14(21)16-10(3)4/h9-11H,5-8H2,1-4H3,(H,15,18)(H,19,20)(H2,16,17,21). The largest absolute Gasteiger partial charge is 0.480 e. The van der Waals surface area contributed by atoms with E-state index < -0.39 is 18.0 Å². The van der Waals surface area contributed by atoms with Crippen LogP contribution in [0, 0.1) is 5.92 Å². The first kappa shape index (κ1) is 19.2. The van der Waals surface area contributed by atoms with Crippen molar-refractivity contribution in [3.63, 3.8) is 0 Å². The maximum absolute atomic E-state index is 11.5. The number of carbonyl (C=O) groups is 3. The molecule has 0 aromatic heterocycles. The molecule has 1 unspecified atom stereocenters. The van der Waals surface area contributed by atoms with Gasteiger partial charge >= 0.3 is 12.0 Å². The molecule has 0 heterocycles. The molecule has 0 saturated heterocycles. The van der Waals surface area contributed by atoms with Crippen LogP contribution in [0.15, 0.2) is 0 Å². The van der Waals surface area contributed by atoms with Gasteiger partial charge in [-0.25, -0.2) is 9.59 Å². The number of hydrogen-bond acceptors (Lipinski definition) is 3. The predicted octanol–water partition coefficient (Wildman–Crippen LogP) is 1.09. The lowest BCUT2D eigenvalue weighted by Crippen LogP contribution is -2.47. The monoisotopic (exact) mass is 301 g/mol. The van der Waals surface area contributed by atoms with E-state index in [-0.39, 0.29) is 17.9 Å². The molecule has 0 radical (unpaired) electrons. The second kappa shape index (κ2) is 10.0. The molecule has 1 atom stereocenters. The zero-order valence-electron chi connectivity index (χ0n) is 13.2. The van der Waals surface area contributed by atoms with Crippen molar-refractivity contribution in [2.45, 2.75) is 59.0 Å². The lowest BCUT2D eigenvalue weighted by molar-refractivity contribution is -0.139. The van der Waals surface area contributed by atoms with Crippen LogP contribution < -0.4 is 16.0 Å². The molecule has 0 aromatic rings. The minimum absolute atomic E-state index is 0.0146. The van der Waals surface area contributed by atoms with Gasteiger partial charge in [0.15, 0.2) is 0 Å². The molecular formula is C14H27N3O4. The van der Waals surface area contributed by atoms with Crippen molar-refractivity contribution in [2.24, 2.45) is 5.92 Å². The average Bonchev–Trinajstić information content (AvgIpc) is 2.35. The molecule has 0 aliphatic rings. The van der Waals surface area contributed by atoms with E-state index in [9.17, 15) is 14.4 Å². The SMILES string of the molecule is CC(C)NC(=O)NC(CCCCNC(=O)C(C)C)C(=O)O. The Balaban J connectivity index is 3.98. The summed E-state index contributed by atoms with van der Waals surface area (Å²) in [6, 6.07) is -1.44. The summed E-state index contributed by atoms with van der Waals surface area (Å²) < 4.78 is 0. The van der Waals surface area contributed by atoms with Gasteiger partial charge in [0.2, 0.25) is 5.91 Å². The number of aliphatic carboxylic acids is 1. The highest BCUT2D eigenvalue weighted by molar-refractivity contribution is 5.82. The van der Waals surface area contributed by atoms with Crippen molar-refractivity contribution in [1.29, 1.82) is 0 Å². The van der Waals surface area contributed by atoms with Crippen molar-refractivity contribution in [3.8, 4) is 0 Å². The number of nitrogens with one attached hydrogen (secondary N) is 3. The van der Waals surface area contributed by atoms with Gasteiger partial charge < -0.3 is 21.1 Å². The van der Waals surface area contributed by atoms with Crippen LogP contribution in [0.5, 0.6) is 0 Å². The summed E-state index contributed by atoms with van der Waals surface area (Å²) in [5.41, 5.74) is 0. The lowest BCUT2D eigenvalue weighted by atomic mass is 10.1. The van der Waals surface area contributed by atoms with Gasteiger partial charge in [-0.1, -0.05) is 13.8 Å². The molecule has 0 rings (SSSR count). The van der Waals surface area contributed by atoms with E-state index in [1.807, 2.05) is 13.8 Å². The van der Waals surface area contributed by atoms with Gasteiger partial charge in [-0.2, -0.15) is 0 Å². The summed E-state index contributed by atoms with van der Waals surface area (Å²) in [4.78, 5) is 33.9. The Labute approximate surface area is 125 Å². The van der Waals surface area contributed by atoms with Crippen molar-refractivity contribution in [3.05, 3.63) is 0 Å². The Kier molecular flexibility index (Phi) is 9.16. The predicted molar refractivity (Wildman–Crippen MR) is 79.9 cm³/mol. The van der Waals surface area contributed by atoms with Gasteiger partial charge in [0.1, 0.15) is 6.04 Å². The number of rotatable bonds is 9. The number of carboxylic acids is 1. The molecule has 0 aromatic carbocycles. The summed E-state index contributed by atoms with van der Waals surface area (Å²) >= 11 is 0. The van der Waals surface area contributed by atoms with Gasteiger partial charge in [0.25, 0.3) is 0 Å². The summed E-state index contributed by atoms with van der Waals surface area (Å²) in [7, 11) is 0. The van der Waals surface area contributed by atoms with Crippen LogP contribution in [0.4, 0.5) is 4.79 Å². The molecule has 122 valence electrons. The fourth-order valence-corrected chi connectivity index (χ4v) is 1.61. The van der Waals surface area contributed by atoms with E-state index in [2.05, 4.69) is 16.0 Å². The normalized spacial score (nSPS) is 12.1. The fraction of sp³-hybridized carbons (Fsp3) is 0.786. The number of amides is 3. The third-order valence-electron chi connectivity index (χ3n) is 2.77. The average molecular weight is 301 g/mol. The highest BCUT2D eigenvalue weighted by atomic mass is 16.4. The molecule has 0 spiro atoms. The molecule has 4 N–H and O–H groups in total. The van der Waals surface area contributed by atoms with Gasteiger partial charge in [-0.15, -0.1) is 0 Å². The summed E-state index contributed by atoms with van der Waals surface area (Å²) in [6.45, 7) is 7.74. The van der Waals surface area contributed by atoms with Crippen LogP contribution in [0.25, 0.3) is 0 Å². The van der Waals surface area contributed by atoms with Gasteiger partial charge in [-0.3, -0.25) is 4.79 Å². The summed E-state index contributed by atoms with van der Waals surface area (Å²) in [5.74, 6) is -1.13. The van der Waals surface area contributed by atoms with Crippen LogP contribution in [-0.2, 0) is 9.59 Å². The third-order valence-corrected chi connectivity index (χ3v) is 2.77. The molecule has 0 aliphatic carbocycles. The number of carboxylic acid groups (broad SMARTS) is 1. The number of hydrogen-bond donors (Lipinski definition) is 4. The first-order chi connectivity index (χ1) is 9.73. The van der Waals surface area contributed by atoms with E-state index >= 15 is 0 Å². The van der Waals surface area contributed by atoms with E-state index in [4.69, 9.17) is 5.11 Å². The number of carbonyl (C=O) groups excluding carboxylic acids is 2. The quantitative estimate of drug-likeness (QED) is 0.478. The number of urea groups is 1. The minimum Gasteiger partial charge on any atom is -0.480 e. The highest BCUT2D eigenvalue weighted by Gasteiger charge is 2.19. The molecule has 0 aliphatic heterocycles. The van der Waals surface area contributed by atoms with E-state index in [1.165, 1.54) is 0 Å². The van der Waals surface area contributed by atoms with Crippen LogP contribution in [-0.4, -0.2) is 41.6 Å². The molecule has 7 nitrogen and oxygen atoms in total. The summed E-state index contributed by atoms with van der Waals surface area (Å²) in [5, 5.41) is 16.8. The lowest BCUT2D eigenvalue weighted by Gasteiger charge is -2.16. The Morgan fingerprint density at radius 1 is 1.00 bits per heavy atom. The highest BCUT2D eigenvalue weighted by Crippen LogP contribution is 2.02. The molecular weight excluding hydrogens is 274 g/mol. The second-order valence-electron chi connectivity index (χ2n) is 5.60. The van der Waals surface area contributed by atoms with Crippen LogP contribution >= 0.6 is 0 Å². The zero-order chi connectivity index (χ0) is 16.4. The van der Waals surface area contributed by atoms with E-state index in [1.54, 1.807) is 13.8 Å². The Bertz CT molecular complexity index is 356. The van der Waals surface area contributed by atoms with Crippen molar-refractivity contribution < 1.29 is 19.5 Å². The Morgan fingerprint density at radius 2 is 1.62 bits per heavy atom. The first-order valence-electron chi connectivity index (χ1n) is 7.31. The van der Waals surface area contributed by atoms with Crippen LogP contribution in [0.2, 0.25) is 0 Å². The van der Waals surface area contributed by atoms with Crippen LogP contribution in [0.3, 0.4) is 0 Å². The van der Waals surface area contributed by atoms with Gasteiger partial charge in [0.05, 0.1) is 0 Å².